The summed E-state index contributed by atoms with van der Waals surface area (Å²) >= 11 is 0. The lowest BCUT2D eigenvalue weighted by Gasteiger charge is -2.08. The standard InChI is InChI=1S/C12H13NO2/c1-2-3-8-12(15)13-11-7-5-4-6-10(11)9-14/h1,4-7,14H,3,8-9H2,(H,13,15). The van der Waals surface area contributed by atoms with Crippen LogP contribution in [0.3, 0.4) is 0 Å². The van der Waals surface area contributed by atoms with Gasteiger partial charge in [0.1, 0.15) is 0 Å². The fraction of sp³-hybridized carbons (Fsp3) is 0.250. The number of benzene rings is 1. The van der Waals surface area contributed by atoms with Crippen LogP contribution in [0, 0.1) is 12.3 Å². The molecule has 3 heteroatoms. The van der Waals surface area contributed by atoms with Crippen LogP contribution in [0.15, 0.2) is 24.3 Å². The van der Waals surface area contributed by atoms with Crippen molar-refractivity contribution in [2.75, 3.05) is 5.32 Å². The molecule has 0 aromatic heterocycles. The summed E-state index contributed by atoms with van der Waals surface area (Å²) in [5.41, 5.74) is 1.34. The molecule has 0 aliphatic carbocycles. The van der Waals surface area contributed by atoms with Gasteiger partial charge in [-0.15, -0.1) is 12.3 Å². The number of para-hydroxylation sites is 1. The molecule has 0 aliphatic heterocycles. The minimum absolute atomic E-state index is 0.0917. The highest BCUT2D eigenvalue weighted by atomic mass is 16.3. The van der Waals surface area contributed by atoms with E-state index in [2.05, 4.69) is 11.2 Å². The van der Waals surface area contributed by atoms with E-state index in [0.717, 1.165) is 0 Å². The maximum absolute atomic E-state index is 11.4. The summed E-state index contributed by atoms with van der Waals surface area (Å²) in [6.45, 7) is -0.0917. The van der Waals surface area contributed by atoms with Gasteiger partial charge in [0.2, 0.25) is 5.91 Å². The van der Waals surface area contributed by atoms with Crippen LogP contribution < -0.4 is 5.32 Å². The molecular formula is C12H13NO2. The van der Waals surface area contributed by atoms with Gasteiger partial charge in [-0.05, 0) is 6.07 Å². The van der Waals surface area contributed by atoms with Crippen LogP contribution in [0.4, 0.5) is 5.69 Å². The molecule has 0 spiro atoms. The van der Waals surface area contributed by atoms with Gasteiger partial charge in [-0.2, -0.15) is 0 Å². The molecule has 78 valence electrons. The average molecular weight is 203 g/mol. The van der Waals surface area contributed by atoms with Gasteiger partial charge >= 0.3 is 0 Å². The third-order valence-electron chi connectivity index (χ3n) is 1.96. The van der Waals surface area contributed by atoms with Crippen molar-refractivity contribution in [2.24, 2.45) is 0 Å². The first-order valence-corrected chi connectivity index (χ1v) is 4.70. The number of carbonyl (C=O) groups excluding carboxylic acids is 1. The Bertz CT molecular complexity index is 379. The van der Waals surface area contributed by atoms with E-state index < -0.39 is 0 Å². The number of rotatable bonds is 4. The van der Waals surface area contributed by atoms with E-state index in [1.165, 1.54) is 0 Å². The molecule has 2 N–H and O–H groups in total. The highest BCUT2D eigenvalue weighted by Crippen LogP contribution is 2.14. The lowest BCUT2D eigenvalue weighted by molar-refractivity contribution is -0.116. The van der Waals surface area contributed by atoms with Crippen molar-refractivity contribution in [1.82, 2.24) is 0 Å². The van der Waals surface area contributed by atoms with Crippen molar-refractivity contribution in [3.05, 3.63) is 29.8 Å². The monoisotopic (exact) mass is 203 g/mol. The molecule has 1 aromatic rings. The summed E-state index contributed by atoms with van der Waals surface area (Å²) in [4.78, 5) is 11.4. The summed E-state index contributed by atoms with van der Waals surface area (Å²) in [7, 11) is 0. The Kier molecular flexibility index (Phi) is 4.39. The van der Waals surface area contributed by atoms with E-state index >= 15 is 0 Å². The molecule has 0 saturated carbocycles. The molecule has 15 heavy (non-hydrogen) atoms. The number of hydrogen-bond acceptors (Lipinski definition) is 2. The van der Waals surface area contributed by atoms with Gasteiger partial charge in [-0.25, -0.2) is 0 Å². The molecular weight excluding hydrogens is 190 g/mol. The van der Waals surface area contributed by atoms with E-state index in [0.29, 0.717) is 24.1 Å². The minimum atomic E-state index is -0.131. The number of nitrogens with one attached hydrogen (secondary N) is 1. The van der Waals surface area contributed by atoms with Gasteiger partial charge in [0.05, 0.1) is 6.61 Å². The summed E-state index contributed by atoms with van der Waals surface area (Å²) in [6.07, 6.45) is 5.78. The highest BCUT2D eigenvalue weighted by Gasteiger charge is 2.04. The maximum atomic E-state index is 11.4. The van der Waals surface area contributed by atoms with Crippen molar-refractivity contribution in [1.29, 1.82) is 0 Å². The van der Waals surface area contributed by atoms with Gasteiger partial charge in [0.25, 0.3) is 0 Å². The Morgan fingerprint density at radius 1 is 1.47 bits per heavy atom. The lowest BCUT2D eigenvalue weighted by atomic mass is 10.2. The van der Waals surface area contributed by atoms with Gasteiger partial charge in [-0.3, -0.25) is 4.79 Å². The highest BCUT2D eigenvalue weighted by molar-refractivity contribution is 5.91. The molecule has 1 rings (SSSR count). The Hall–Kier alpha value is -1.79. The fourth-order valence-electron chi connectivity index (χ4n) is 1.18. The van der Waals surface area contributed by atoms with Gasteiger partial charge in [0, 0.05) is 24.1 Å². The number of terminal acetylenes is 1. The summed E-state index contributed by atoms with van der Waals surface area (Å²) in [5.74, 6) is 2.27. The number of hydrogen-bond donors (Lipinski definition) is 2. The van der Waals surface area contributed by atoms with Gasteiger partial charge in [0.15, 0.2) is 0 Å². The van der Waals surface area contributed by atoms with Crippen LogP contribution in [-0.4, -0.2) is 11.0 Å². The number of carbonyl (C=O) groups is 1. The number of amides is 1. The third kappa shape index (κ3) is 3.45. The minimum Gasteiger partial charge on any atom is -0.392 e. The smallest absolute Gasteiger partial charge is 0.225 e. The number of aliphatic hydroxyl groups is 1. The Morgan fingerprint density at radius 3 is 2.87 bits per heavy atom. The molecule has 1 aromatic carbocycles. The zero-order chi connectivity index (χ0) is 11.1. The first-order valence-electron chi connectivity index (χ1n) is 4.70. The molecule has 0 bridgehead atoms. The van der Waals surface area contributed by atoms with Crippen molar-refractivity contribution in [2.45, 2.75) is 19.4 Å². The zero-order valence-corrected chi connectivity index (χ0v) is 8.36. The molecule has 0 saturated heterocycles. The topological polar surface area (TPSA) is 49.3 Å². The molecule has 0 radical (unpaired) electrons. The fourth-order valence-corrected chi connectivity index (χ4v) is 1.18. The van der Waals surface area contributed by atoms with Gasteiger partial charge in [-0.1, -0.05) is 18.2 Å². The van der Waals surface area contributed by atoms with Crippen molar-refractivity contribution in [3.63, 3.8) is 0 Å². The second kappa shape index (κ2) is 5.84. The maximum Gasteiger partial charge on any atom is 0.225 e. The van der Waals surface area contributed by atoms with E-state index in [-0.39, 0.29) is 12.5 Å². The summed E-state index contributed by atoms with van der Waals surface area (Å²) in [5, 5.41) is 11.7. The molecule has 0 unspecified atom stereocenters. The number of aliphatic hydroxyl groups excluding tert-OH is 1. The second-order valence-electron chi connectivity index (χ2n) is 3.07. The first-order chi connectivity index (χ1) is 7.27. The van der Waals surface area contributed by atoms with Crippen LogP contribution in [0.25, 0.3) is 0 Å². The molecule has 0 heterocycles. The first kappa shape index (κ1) is 11.3. The Labute approximate surface area is 89.1 Å². The van der Waals surface area contributed by atoms with E-state index in [9.17, 15) is 4.79 Å². The SMILES string of the molecule is C#CCCC(=O)Nc1ccccc1CO. The summed E-state index contributed by atoms with van der Waals surface area (Å²) in [6, 6.07) is 7.12. The van der Waals surface area contributed by atoms with E-state index in [1.54, 1.807) is 18.2 Å². The normalized spacial score (nSPS) is 9.33. The van der Waals surface area contributed by atoms with Crippen LogP contribution in [0.2, 0.25) is 0 Å². The second-order valence-corrected chi connectivity index (χ2v) is 3.07. The van der Waals surface area contributed by atoms with Gasteiger partial charge < -0.3 is 10.4 Å². The zero-order valence-electron chi connectivity index (χ0n) is 8.36. The van der Waals surface area contributed by atoms with Crippen LogP contribution >= 0.6 is 0 Å². The molecule has 0 atom stereocenters. The van der Waals surface area contributed by atoms with Crippen molar-refractivity contribution < 1.29 is 9.90 Å². The molecule has 3 nitrogen and oxygen atoms in total. The van der Waals surface area contributed by atoms with Crippen LogP contribution in [0.1, 0.15) is 18.4 Å². The van der Waals surface area contributed by atoms with Crippen LogP contribution in [-0.2, 0) is 11.4 Å². The van der Waals surface area contributed by atoms with E-state index in [4.69, 9.17) is 11.5 Å². The van der Waals surface area contributed by atoms with Crippen molar-refractivity contribution in [3.8, 4) is 12.3 Å². The van der Waals surface area contributed by atoms with E-state index in [1.807, 2.05) is 6.07 Å². The summed E-state index contributed by atoms with van der Waals surface area (Å²) < 4.78 is 0. The van der Waals surface area contributed by atoms with Crippen molar-refractivity contribution >= 4 is 11.6 Å². The largest absolute Gasteiger partial charge is 0.392 e. The molecule has 0 fully saturated rings. The molecule has 0 aliphatic rings. The predicted molar refractivity (Wildman–Crippen MR) is 59.1 cm³/mol. The number of anilines is 1. The Morgan fingerprint density at radius 2 is 2.20 bits per heavy atom. The quantitative estimate of drug-likeness (QED) is 0.729. The predicted octanol–water partition coefficient (Wildman–Crippen LogP) is 1.53. The third-order valence-corrected chi connectivity index (χ3v) is 1.96. The lowest BCUT2D eigenvalue weighted by Crippen LogP contribution is -2.12. The van der Waals surface area contributed by atoms with Crippen LogP contribution in [0.5, 0.6) is 0 Å². The Balaban J connectivity index is 2.64. The molecule has 1 amide bonds. The average Bonchev–Trinajstić information content (AvgIpc) is 2.27.